The first-order valence-corrected chi connectivity index (χ1v) is 10.1. The van der Waals surface area contributed by atoms with Crippen LogP contribution in [-0.2, 0) is 12.0 Å². The van der Waals surface area contributed by atoms with Gasteiger partial charge in [-0.15, -0.1) is 0 Å². The van der Waals surface area contributed by atoms with Gasteiger partial charge >= 0.3 is 0 Å². The summed E-state index contributed by atoms with van der Waals surface area (Å²) in [6, 6.07) is 21.4. The van der Waals surface area contributed by atoms with Gasteiger partial charge in [-0.3, -0.25) is 0 Å². The van der Waals surface area contributed by atoms with Gasteiger partial charge in [0, 0.05) is 18.0 Å². The van der Waals surface area contributed by atoms with Gasteiger partial charge in [0.25, 0.3) is 0 Å². The molecule has 0 saturated heterocycles. The van der Waals surface area contributed by atoms with Gasteiger partial charge in [0.15, 0.2) is 0 Å². The second kappa shape index (κ2) is 7.75. The molecule has 1 atom stereocenters. The van der Waals surface area contributed by atoms with Crippen LogP contribution in [0.4, 0.5) is 0 Å². The lowest BCUT2D eigenvalue weighted by molar-refractivity contribution is 0.183. The minimum atomic E-state index is -0.116. The van der Waals surface area contributed by atoms with Gasteiger partial charge in [-0.05, 0) is 40.3 Å². The maximum absolute atomic E-state index is 6.63. The van der Waals surface area contributed by atoms with E-state index < -0.39 is 0 Å². The van der Waals surface area contributed by atoms with Crippen LogP contribution in [0.25, 0.3) is 10.8 Å². The molecule has 3 aromatic carbocycles. The summed E-state index contributed by atoms with van der Waals surface area (Å²) in [6.45, 7) is 9.54. The summed E-state index contributed by atoms with van der Waals surface area (Å²) < 4.78 is 8.71. The third kappa shape index (κ3) is 4.19. The van der Waals surface area contributed by atoms with Gasteiger partial charge in [0.2, 0.25) is 0 Å². The van der Waals surface area contributed by atoms with Gasteiger partial charge in [0.05, 0.1) is 12.9 Å². The molecule has 148 valence electrons. The zero-order valence-corrected chi connectivity index (χ0v) is 17.6. The van der Waals surface area contributed by atoms with Crippen LogP contribution in [0.3, 0.4) is 0 Å². The van der Waals surface area contributed by atoms with E-state index in [1.807, 2.05) is 18.7 Å². The van der Waals surface area contributed by atoms with Crippen LogP contribution in [-0.4, -0.2) is 9.55 Å². The highest BCUT2D eigenvalue weighted by atomic mass is 16.5. The molecule has 0 radical (unpaired) electrons. The van der Waals surface area contributed by atoms with Crippen LogP contribution in [0.1, 0.15) is 43.6 Å². The molecule has 1 unspecified atom stereocenters. The summed E-state index contributed by atoms with van der Waals surface area (Å²) in [6.07, 6.45) is 5.52. The first-order chi connectivity index (χ1) is 13.9. The monoisotopic (exact) mass is 384 g/mol. The Kier molecular flexibility index (Phi) is 5.14. The van der Waals surface area contributed by atoms with Crippen LogP contribution >= 0.6 is 0 Å². The molecule has 0 bridgehead atoms. The largest absolute Gasteiger partial charge is 0.484 e. The minimum Gasteiger partial charge on any atom is -0.484 e. The molecule has 4 aromatic rings. The van der Waals surface area contributed by atoms with Crippen molar-refractivity contribution in [1.29, 1.82) is 0 Å². The molecule has 0 aliphatic carbocycles. The van der Waals surface area contributed by atoms with Crippen molar-refractivity contribution >= 4 is 10.8 Å². The molecule has 0 aliphatic rings. The number of rotatable bonds is 5. The SMILES string of the molecule is Cc1cc(C(C)(C)C)ccc1OC(Cn1ccnc1)c1cccc2ccccc12. The van der Waals surface area contributed by atoms with Crippen LogP contribution in [0.15, 0.2) is 79.4 Å². The van der Waals surface area contributed by atoms with Crippen LogP contribution < -0.4 is 4.74 Å². The van der Waals surface area contributed by atoms with Crippen molar-refractivity contribution in [2.45, 2.75) is 45.8 Å². The molecule has 4 rings (SSSR count). The first kappa shape index (κ1) is 19.3. The topological polar surface area (TPSA) is 27.1 Å². The highest BCUT2D eigenvalue weighted by molar-refractivity contribution is 5.86. The predicted molar refractivity (Wildman–Crippen MR) is 119 cm³/mol. The molecule has 3 heteroatoms. The number of nitrogens with zero attached hydrogens (tertiary/aromatic N) is 2. The Hall–Kier alpha value is -3.07. The van der Waals surface area contributed by atoms with E-state index in [4.69, 9.17) is 4.74 Å². The van der Waals surface area contributed by atoms with E-state index in [9.17, 15) is 0 Å². The van der Waals surface area contributed by atoms with Crippen molar-refractivity contribution in [3.05, 3.63) is 96.1 Å². The van der Waals surface area contributed by atoms with Crippen molar-refractivity contribution in [1.82, 2.24) is 9.55 Å². The maximum atomic E-state index is 6.63. The lowest BCUT2D eigenvalue weighted by Crippen LogP contribution is -2.16. The molecule has 29 heavy (non-hydrogen) atoms. The first-order valence-electron chi connectivity index (χ1n) is 10.1. The summed E-state index contributed by atoms with van der Waals surface area (Å²) in [4.78, 5) is 4.20. The van der Waals surface area contributed by atoms with E-state index in [1.165, 1.54) is 21.9 Å². The number of ether oxygens (including phenoxy) is 1. The van der Waals surface area contributed by atoms with Crippen molar-refractivity contribution < 1.29 is 4.74 Å². The third-order valence-corrected chi connectivity index (χ3v) is 5.42. The Bertz CT molecular complexity index is 1100. The van der Waals surface area contributed by atoms with Gasteiger partial charge < -0.3 is 9.30 Å². The van der Waals surface area contributed by atoms with Gasteiger partial charge in [0.1, 0.15) is 11.9 Å². The number of hydrogen-bond acceptors (Lipinski definition) is 2. The summed E-state index contributed by atoms with van der Waals surface area (Å²) in [5.41, 5.74) is 3.79. The maximum Gasteiger partial charge on any atom is 0.142 e. The van der Waals surface area contributed by atoms with E-state index in [-0.39, 0.29) is 11.5 Å². The van der Waals surface area contributed by atoms with E-state index in [0.717, 1.165) is 11.3 Å². The van der Waals surface area contributed by atoms with Crippen molar-refractivity contribution in [2.24, 2.45) is 0 Å². The number of aryl methyl sites for hydroxylation is 1. The Morgan fingerprint density at radius 1 is 1.00 bits per heavy atom. The van der Waals surface area contributed by atoms with Gasteiger partial charge in [-0.1, -0.05) is 75.4 Å². The van der Waals surface area contributed by atoms with E-state index in [2.05, 4.69) is 97.9 Å². The zero-order valence-electron chi connectivity index (χ0n) is 17.6. The molecule has 0 fully saturated rings. The van der Waals surface area contributed by atoms with Gasteiger partial charge in [-0.25, -0.2) is 4.98 Å². The quantitative estimate of drug-likeness (QED) is 0.395. The molecule has 3 nitrogen and oxygen atoms in total. The summed E-state index contributed by atoms with van der Waals surface area (Å²) in [5.74, 6) is 0.927. The molecular weight excluding hydrogens is 356 g/mol. The number of imidazole rings is 1. The fraction of sp³-hybridized carbons (Fsp3) is 0.269. The molecule has 0 spiro atoms. The Morgan fingerprint density at radius 2 is 1.79 bits per heavy atom. The second-order valence-electron chi connectivity index (χ2n) is 8.66. The highest BCUT2D eigenvalue weighted by Gasteiger charge is 2.20. The van der Waals surface area contributed by atoms with Crippen molar-refractivity contribution in [3.8, 4) is 5.75 Å². The predicted octanol–water partition coefficient (Wildman–Crippen LogP) is 6.46. The average molecular weight is 385 g/mol. The van der Waals surface area contributed by atoms with E-state index >= 15 is 0 Å². The fourth-order valence-electron chi connectivity index (χ4n) is 3.72. The van der Waals surface area contributed by atoms with Gasteiger partial charge in [-0.2, -0.15) is 0 Å². The summed E-state index contributed by atoms with van der Waals surface area (Å²) in [5, 5.41) is 2.45. The Labute approximate surface area is 173 Å². The normalized spacial score (nSPS) is 12.8. The molecule has 0 amide bonds. The van der Waals surface area contributed by atoms with Crippen molar-refractivity contribution in [3.63, 3.8) is 0 Å². The molecule has 0 N–H and O–H groups in total. The standard InChI is InChI=1S/C26H28N2O/c1-19-16-21(26(2,3)4)12-13-24(19)29-25(17-28-15-14-27-18-28)23-11-7-9-20-8-5-6-10-22(20)23/h5-16,18,25H,17H2,1-4H3. The third-order valence-electron chi connectivity index (χ3n) is 5.42. The van der Waals surface area contributed by atoms with Crippen molar-refractivity contribution in [2.75, 3.05) is 0 Å². The van der Waals surface area contributed by atoms with Crippen LogP contribution in [0.5, 0.6) is 5.75 Å². The number of fused-ring (bicyclic) bond motifs is 1. The number of aromatic nitrogens is 2. The number of hydrogen-bond donors (Lipinski definition) is 0. The van der Waals surface area contributed by atoms with Crippen LogP contribution in [0, 0.1) is 6.92 Å². The highest BCUT2D eigenvalue weighted by Crippen LogP contribution is 2.33. The summed E-state index contributed by atoms with van der Waals surface area (Å²) in [7, 11) is 0. The Morgan fingerprint density at radius 3 is 2.52 bits per heavy atom. The van der Waals surface area contributed by atoms with Crippen LogP contribution in [0.2, 0.25) is 0 Å². The lowest BCUT2D eigenvalue weighted by Gasteiger charge is -2.25. The molecule has 1 aromatic heterocycles. The smallest absolute Gasteiger partial charge is 0.142 e. The fourth-order valence-corrected chi connectivity index (χ4v) is 3.72. The number of benzene rings is 3. The van der Waals surface area contributed by atoms with E-state index in [0.29, 0.717) is 6.54 Å². The minimum absolute atomic E-state index is 0.116. The average Bonchev–Trinajstić information content (AvgIpc) is 3.21. The lowest BCUT2D eigenvalue weighted by atomic mass is 9.86. The molecule has 1 heterocycles. The summed E-state index contributed by atoms with van der Waals surface area (Å²) >= 11 is 0. The second-order valence-corrected chi connectivity index (χ2v) is 8.66. The van der Waals surface area contributed by atoms with E-state index in [1.54, 1.807) is 0 Å². The molecule has 0 aliphatic heterocycles. The Balaban J connectivity index is 1.74. The molecule has 0 saturated carbocycles. The molecular formula is C26H28N2O. The zero-order chi connectivity index (χ0) is 20.4.